The van der Waals surface area contributed by atoms with Crippen molar-refractivity contribution < 1.29 is 9.59 Å². The number of carbonyl (C=O) groups excluding carboxylic acids is 2. The lowest BCUT2D eigenvalue weighted by molar-refractivity contribution is -0.132. The number of piperidine rings is 1. The Balaban J connectivity index is 1.96. The second-order valence-electron chi connectivity index (χ2n) is 5.52. The lowest BCUT2D eigenvalue weighted by Crippen LogP contribution is -2.40. The maximum Gasteiger partial charge on any atom is 0.227 e. The average molecular weight is 274 g/mol. The first kappa shape index (κ1) is 14.6. The van der Waals surface area contributed by atoms with Crippen molar-refractivity contribution in [1.29, 1.82) is 0 Å². The fourth-order valence-corrected chi connectivity index (χ4v) is 2.58. The molecular weight excluding hydrogens is 252 g/mol. The number of hydrogen-bond donors (Lipinski definition) is 1. The molecule has 0 bridgehead atoms. The molecule has 0 saturated carbocycles. The molecule has 1 heterocycles. The molecule has 1 aliphatic rings. The zero-order chi connectivity index (χ0) is 14.7. The topological polar surface area (TPSA) is 49.4 Å². The zero-order valence-electron chi connectivity index (χ0n) is 12.4. The summed E-state index contributed by atoms with van der Waals surface area (Å²) in [4.78, 5) is 25.4. The summed E-state index contributed by atoms with van der Waals surface area (Å²) in [5.74, 6) is 0.172. The van der Waals surface area contributed by atoms with Gasteiger partial charge in [-0.05, 0) is 43.9 Å². The summed E-state index contributed by atoms with van der Waals surface area (Å²) in [6.45, 7) is 7.00. The minimum absolute atomic E-state index is 0.00510. The van der Waals surface area contributed by atoms with Crippen LogP contribution >= 0.6 is 0 Å². The van der Waals surface area contributed by atoms with E-state index in [4.69, 9.17) is 0 Å². The van der Waals surface area contributed by atoms with E-state index in [1.54, 1.807) is 6.92 Å². The molecule has 1 aromatic rings. The minimum atomic E-state index is 0.00510. The van der Waals surface area contributed by atoms with E-state index in [9.17, 15) is 9.59 Å². The van der Waals surface area contributed by atoms with Crippen LogP contribution in [-0.4, -0.2) is 29.8 Å². The molecule has 1 aliphatic heterocycles. The molecule has 4 nitrogen and oxygen atoms in total. The lowest BCUT2D eigenvalue weighted by Gasteiger charge is -2.30. The Kier molecular flexibility index (Phi) is 4.42. The van der Waals surface area contributed by atoms with Gasteiger partial charge in [0.25, 0.3) is 0 Å². The third-order valence-electron chi connectivity index (χ3n) is 4.17. The molecule has 4 heteroatoms. The molecule has 0 unspecified atom stereocenters. The molecule has 2 amide bonds. The number of anilines is 1. The predicted octanol–water partition coefficient (Wildman–Crippen LogP) is 2.50. The first-order chi connectivity index (χ1) is 9.49. The monoisotopic (exact) mass is 274 g/mol. The summed E-state index contributed by atoms with van der Waals surface area (Å²) < 4.78 is 0. The van der Waals surface area contributed by atoms with E-state index in [0.717, 1.165) is 24.1 Å². The third-order valence-corrected chi connectivity index (χ3v) is 4.17. The van der Waals surface area contributed by atoms with E-state index in [2.05, 4.69) is 5.32 Å². The second-order valence-corrected chi connectivity index (χ2v) is 5.52. The highest BCUT2D eigenvalue weighted by Gasteiger charge is 2.26. The number of amides is 2. The summed E-state index contributed by atoms with van der Waals surface area (Å²) >= 11 is 0. The van der Waals surface area contributed by atoms with Gasteiger partial charge in [0.1, 0.15) is 0 Å². The van der Waals surface area contributed by atoms with Crippen LogP contribution in [0.25, 0.3) is 0 Å². The van der Waals surface area contributed by atoms with Gasteiger partial charge in [-0.3, -0.25) is 9.59 Å². The first-order valence-corrected chi connectivity index (χ1v) is 7.11. The van der Waals surface area contributed by atoms with Crippen molar-refractivity contribution in [2.75, 3.05) is 18.4 Å². The Hall–Kier alpha value is -1.84. The predicted molar refractivity (Wildman–Crippen MR) is 79.5 cm³/mol. The van der Waals surface area contributed by atoms with E-state index < -0.39 is 0 Å². The van der Waals surface area contributed by atoms with Gasteiger partial charge in [0.15, 0.2) is 0 Å². The molecule has 0 aliphatic carbocycles. The number of carbonyl (C=O) groups is 2. The van der Waals surface area contributed by atoms with E-state index in [-0.39, 0.29) is 17.7 Å². The zero-order valence-corrected chi connectivity index (χ0v) is 12.4. The van der Waals surface area contributed by atoms with Gasteiger partial charge in [0, 0.05) is 31.6 Å². The minimum Gasteiger partial charge on any atom is -0.343 e. The van der Waals surface area contributed by atoms with Gasteiger partial charge in [-0.2, -0.15) is 0 Å². The Morgan fingerprint density at radius 2 is 1.85 bits per heavy atom. The number of likely N-dealkylation sites (tertiary alicyclic amines) is 1. The SMILES string of the molecule is CC(=O)N1CCC(C(=O)Nc2cccc(C)c2C)CC1. The number of benzene rings is 1. The first-order valence-electron chi connectivity index (χ1n) is 7.11. The molecule has 0 spiro atoms. The van der Waals surface area contributed by atoms with Crippen LogP contribution in [0.2, 0.25) is 0 Å². The summed E-state index contributed by atoms with van der Waals surface area (Å²) in [5.41, 5.74) is 3.18. The second kappa shape index (κ2) is 6.07. The van der Waals surface area contributed by atoms with Crippen molar-refractivity contribution in [3.63, 3.8) is 0 Å². The van der Waals surface area contributed by atoms with Crippen LogP contribution in [0.5, 0.6) is 0 Å². The van der Waals surface area contributed by atoms with Crippen LogP contribution in [-0.2, 0) is 9.59 Å². The maximum atomic E-state index is 12.3. The molecule has 1 fully saturated rings. The van der Waals surface area contributed by atoms with Crippen molar-refractivity contribution in [3.8, 4) is 0 Å². The fraction of sp³-hybridized carbons (Fsp3) is 0.500. The van der Waals surface area contributed by atoms with E-state index in [1.807, 2.05) is 36.9 Å². The highest BCUT2D eigenvalue weighted by molar-refractivity contribution is 5.93. The van der Waals surface area contributed by atoms with Crippen molar-refractivity contribution in [2.24, 2.45) is 5.92 Å². The normalized spacial score (nSPS) is 16.1. The Morgan fingerprint density at radius 3 is 2.45 bits per heavy atom. The van der Waals surface area contributed by atoms with Crippen LogP contribution in [0.15, 0.2) is 18.2 Å². The Morgan fingerprint density at radius 1 is 1.20 bits per heavy atom. The van der Waals surface area contributed by atoms with E-state index >= 15 is 0 Å². The van der Waals surface area contributed by atoms with Crippen molar-refractivity contribution >= 4 is 17.5 Å². The van der Waals surface area contributed by atoms with Crippen LogP contribution in [0.4, 0.5) is 5.69 Å². The summed E-state index contributed by atoms with van der Waals surface area (Å²) in [5, 5.41) is 3.02. The Labute approximate surface area is 120 Å². The molecule has 0 radical (unpaired) electrons. The molecule has 1 aromatic carbocycles. The van der Waals surface area contributed by atoms with Gasteiger partial charge in [-0.15, -0.1) is 0 Å². The quantitative estimate of drug-likeness (QED) is 0.900. The Bertz CT molecular complexity index is 517. The largest absolute Gasteiger partial charge is 0.343 e. The van der Waals surface area contributed by atoms with Crippen LogP contribution in [0.1, 0.15) is 30.9 Å². The molecule has 0 atom stereocenters. The summed E-state index contributed by atoms with van der Waals surface area (Å²) in [7, 11) is 0. The van der Waals surface area contributed by atoms with E-state index in [0.29, 0.717) is 13.1 Å². The molecular formula is C16H22N2O2. The van der Waals surface area contributed by atoms with Crippen LogP contribution in [0, 0.1) is 19.8 Å². The third kappa shape index (κ3) is 3.18. The number of nitrogens with one attached hydrogen (secondary N) is 1. The van der Waals surface area contributed by atoms with E-state index in [1.165, 1.54) is 5.56 Å². The van der Waals surface area contributed by atoms with Gasteiger partial charge >= 0.3 is 0 Å². The van der Waals surface area contributed by atoms with Gasteiger partial charge in [0.2, 0.25) is 11.8 Å². The molecule has 20 heavy (non-hydrogen) atoms. The van der Waals surface area contributed by atoms with Crippen molar-refractivity contribution in [2.45, 2.75) is 33.6 Å². The molecule has 0 aromatic heterocycles. The molecule has 1 saturated heterocycles. The number of nitrogens with zero attached hydrogens (tertiary/aromatic N) is 1. The maximum absolute atomic E-state index is 12.3. The smallest absolute Gasteiger partial charge is 0.227 e. The highest BCUT2D eigenvalue weighted by atomic mass is 16.2. The number of hydrogen-bond acceptors (Lipinski definition) is 2. The van der Waals surface area contributed by atoms with Gasteiger partial charge in [-0.25, -0.2) is 0 Å². The molecule has 2 rings (SSSR count). The number of aryl methyl sites for hydroxylation is 1. The number of rotatable bonds is 2. The summed E-state index contributed by atoms with van der Waals surface area (Å²) in [6.07, 6.45) is 1.49. The van der Waals surface area contributed by atoms with Crippen LogP contribution in [0.3, 0.4) is 0 Å². The molecule has 1 N–H and O–H groups in total. The molecule has 108 valence electrons. The van der Waals surface area contributed by atoms with Crippen LogP contribution < -0.4 is 5.32 Å². The fourth-order valence-electron chi connectivity index (χ4n) is 2.58. The van der Waals surface area contributed by atoms with Gasteiger partial charge in [0.05, 0.1) is 0 Å². The average Bonchev–Trinajstić information content (AvgIpc) is 2.44. The van der Waals surface area contributed by atoms with Gasteiger partial charge in [-0.1, -0.05) is 12.1 Å². The lowest BCUT2D eigenvalue weighted by atomic mass is 9.95. The highest BCUT2D eigenvalue weighted by Crippen LogP contribution is 2.22. The van der Waals surface area contributed by atoms with Crippen molar-refractivity contribution in [1.82, 2.24) is 4.90 Å². The standard InChI is InChI=1S/C16H22N2O2/c1-11-5-4-6-15(12(11)2)17-16(20)14-7-9-18(10-8-14)13(3)19/h4-6,14H,7-10H2,1-3H3,(H,17,20). The van der Waals surface area contributed by atoms with Crippen molar-refractivity contribution in [3.05, 3.63) is 29.3 Å². The summed E-state index contributed by atoms with van der Waals surface area (Å²) in [6, 6.07) is 5.93. The van der Waals surface area contributed by atoms with Gasteiger partial charge < -0.3 is 10.2 Å².